The van der Waals surface area contributed by atoms with E-state index in [2.05, 4.69) is 0 Å². The fourth-order valence-corrected chi connectivity index (χ4v) is 3.32. The van der Waals surface area contributed by atoms with E-state index in [9.17, 15) is 9.59 Å². The van der Waals surface area contributed by atoms with E-state index in [0.29, 0.717) is 36.8 Å². The molecule has 1 fully saturated rings. The van der Waals surface area contributed by atoms with Gasteiger partial charge in [-0.05, 0) is 37.6 Å². The number of hydrogen-bond acceptors (Lipinski definition) is 5. The molecule has 0 saturated carbocycles. The number of amides is 1. The number of ether oxygens (including phenoxy) is 3. The highest BCUT2D eigenvalue weighted by molar-refractivity contribution is 5.95. The summed E-state index contributed by atoms with van der Waals surface area (Å²) in [5.41, 5.74) is 1.49. The summed E-state index contributed by atoms with van der Waals surface area (Å²) in [4.78, 5) is 25.7. The van der Waals surface area contributed by atoms with Gasteiger partial charge < -0.3 is 24.2 Å². The molecular weight excluding hydrogens is 374 g/mol. The zero-order valence-corrected chi connectivity index (χ0v) is 16.5. The molecule has 2 aromatic rings. The standard InChI is InChI=1S/C22H25NO6/c1-3-27-19-11-17(9-10-18(19)28-14-21(24)25)22(26)23-12-15(2)29-20(13-23)16-7-5-4-6-8-16/h4-11,15,20H,3,12-14H2,1-2H3,(H,24,25)/t15-,20-/m0/s1. The smallest absolute Gasteiger partial charge is 0.341 e. The molecule has 0 spiro atoms. The van der Waals surface area contributed by atoms with Gasteiger partial charge >= 0.3 is 5.97 Å². The number of hydrogen-bond donors (Lipinski definition) is 1. The first-order valence-electron chi connectivity index (χ1n) is 9.59. The highest BCUT2D eigenvalue weighted by Gasteiger charge is 2.30. The number of carboxylic acid groups (broad SMARTS) is 1. The van der Waals surface area contributed by atoms with Gasteiger partial charge in [0.05, 0.1) is 19.3 Å². The van der Waals surface area contributed by atoms with Gasteiger partial charge in [-0.25, -0.2) is 4.79 Å². The van der Waals surface area contributed by atoms with Crippen molar-refractivity contribution in [3.8, 4) is 11.5 Å². The van der Waals surface area contributed by atoms with Gasteiger partial charge in [0.2, 0.25) is 0 Å². The van der Waals surface area contributed by atoms with Gasteiger partial charge in [0, 0.05) is 12.1 Å². The average molecular weight is 399 g/mol. The minimum absolute atomic E-state index is 0.0950. The Morgan fingerprint density at radius 1 is 1.10 bits per heavy atom. The normalized spacial score (nSPS) is 18.9. The van der Waals surface area contributed by atoms with Gasteiger partial charge in [0.1, 0.15) is 6.10 Å². The SMILES string of the molecule is CCOc1cc(C(=O)N2C[C@@H](c3ccccc3)O[C@@H](C)C2)ccc1OCC(=O)O. The fourth-order valence-electron chi connectivity index (χ4n) is 3.32. The van der Waals surface area contributed by atoms with E-state index < -0.39 is 12.6 Å². The van der Waals surface area contributed by atoms with E-state index in [1.807, 2.05) is 44.2 Å². The summed E-state index contributed by atoms with van der Waals surface area (Å²) < 4.78 is 16.8. The molecule has 1 saturated heterocycles. The zero-order valence-electron chi connectivity index (χ0n) is 16.5. The minimum atomic E-state index is -1.08. The average Bonchev–Trinajstić information content (AvgIpc) is 2.72. The molecule has 0 radical (unpaired) electrons. The number of carbonyl (C=O) groups excluding carboxylic acids is 1. The minimum Gasteiger partial charge on any atom is -0.490 e. The Labute approximate surface area is 169 Å². The maximum Gasteiger partial charge on any atom is 0.341 e. The second kappa shape index (κ2) is 9.43. The number of aliphatic carboxylic acids is 1. The molecule has 1 heterocycles. The summed E-state index contributed by atoms with van der Waals surface area (Å²) in [7, 11) is 0. The highest BCUT2D eigenvalue weighted by atomic mass is 16.5. The molecule has 2 aromatic carbocycles. The van der Waals surface area contributed by atoms with Crippen molar-refractivity contribution < 1.29 is 28.9 Å². The Balaban J connectivity index is 1.79. The van der Waals surface area contributed by atoms with Crippen LogP contribution in [-0.4, -0.2) is 54.3 Å². The largest absolute Gasteiger partial charge is 0.490 e. The molecule has 1 N–H and O–H groups in total. The van der Waals surface area contributed by atoms with E-state index >= 15 is 0 Å². The number of rotatable bonds is 7. The topological polar surface area (TPSA) is 85.3 Å². The van der Waals surface area contributed by atoms with Gasteiger partial charge in [-0.2, -0.15) is 0 Å². The Hall–Kier alpha value is -3.06. The van der Waals surface area contributed by atoms with E-state index in [1.54, 1.807) is 23.1 Å². The predicted octanol–water partition coefficient (Wildman–Crippen LogP) is 3.15. The second-order valence-electron chi connectivity index (χ2n) is 6.83. The molecule has 29 heavy (non-hydrogen) atoms. The van der Waals surface area contributed by atoms with Crippen LogP contribution in [-0.2, 0) is 9.53 Å². The lowest BCUT2D eigenvalue weighted by Gasteiger charge is -2.37. The van der Waals surface area contributed by atoms with Crippen LogP contribution in [0.2, 0.25) is 0 Å². The molecule has 1 aliphatic rings. The summed E-state index contributed by atoms with van der Waals surface area (Å²) in [5, 5.41) is 8.81. The summed E-state index contributed by atoms with van der Waals surface area (Å²) in [6, 6.07) is 14.6. The number of carboxylic acids is 1. The molecule has 7 nitrogen and oxygen atoms in total. The maximum absolute atomic E-state index is 13.1. The van der Waals surface area contributed by atoms with Gasteiger partial charge in [-0.3, -0.25) is 4.79 Å². The lowest BCUT2D eigenvalue weighted by molar-refractivity contribution is -0.139. The molecule has 0 aromatic heterocycles. The zero-order chi connectivity index (χ0) is 20.8. The van der Waals surface area contributed by atoms with Gasteiger partial charge in [0.25, 0.3) is 5.91 Å². The van der Waals surface area contributed by atoms with Crippen LogP contribution in [0.15, 0.2) is 48.5 Å². The van der Waals surface area contributed by atoms with E-state index in [4.69, 9.17) is 19.3 Å². The molecule has 1 amide bonds. The maximum atomic E-state index is 13.1. The lowest BCUT2D eigenvalue weighted by Crippen LogP contribution is -2.46. The third-order valence-corrected chi connectivity index (χ3v) is 4.56. The van der Waals surface area contributed by atoms with Crippen LogP contribution in [0.3, 0.4) is 0 Å². The van der Waals surface area contributed by atoms with Crippen LogP contribution in [0.25, 0.3) is 0 Å². The summed E-state index contributed by atoms with van der Waals surface area (Å²) in [6.45, 7) is 4.59. The van der Waals surface area contributed by atoms with Gasteiger partial charge in [-0.1, -0.05) is 30.3 Å². The molecule has 0 aliphatic carbocycles. The van der Waals surface area contributed by atoms with E-state index in [0.717, 1.165) is 5.56 Å². The number of benzene rings is 2. The summed E-state index contributed by atoms with van der Waals surface area (Å²) in [5.74, 6) is -0.572. The quantitative estimate of drug-likeness (QED) is 0.770. The number of morpholine rings is 1. The van der Waals surface area contributed by atoms with Crippen LogP contribution < -0.4 is 9.47 Å². The van der Waals surface area contributed by atoms with Crippen molar-refractivity contribution in [3.05, 3.63) is 59.7 Å². The molecule has 3 rings (SSSR count). The molecule has 0 bridgehead atoms. The van der Waals surface area contributed by atoms with Crippen LogP contribution in [0.4, 0.5) is 0 Å². The second-order valence-corrected chi connectivity index (χ2v) is 6.83. The number of nitrogens with zero attached hydrogens (tertiary/aromatic N) is 1. The summed E-state index contributed by atoms with van der Waals surface area (Å²) in [6.07, 6.45) is -0.282. The van der Waals surface area contributed by atoms with E-state index in [-0.39, 0.29) is 18.1 Å². The molecule has 7 heteroatoms. The molecular formula is C22H25NO6. The Morgan fingerprint density at radius 2 is 1.86 bits per heavy atom. The van der Waals surface area contributed by atoms with Crippen molar-refractivity contribution in [1.29, 1.82) is 0 Å². The van der Waals surface area contributed by atoms with Gasteiger partial charge in [-0.15, -0.1) is 0 Å². The monoisotopic (exact) mass is 399 g/mol. The highest BCUT2D eigenvalue weighted by Crippen LogP contribution is 2.31. The molecule has 2 atom stereocenters. The molecule has 1 aliphatic heterocycles. The number of carbonyl (C=O) groups is 2. The van der Waals surface area contributed by atoms with Gasteiger partial charge in [0.15, 0.2) is 18.1 Å². The van der Waals surface area contributed by atoms with Crippen LogP contribution in [0.5, 0.6) is 11.5 Å². The fraction of sp³-hybridized carbons (Fsp3) is 0.364. The van der Waals surface area contributed by atoms with E-state index in [1.165, 1.54) is 0 Å². The van der Waals surface area contributed by atoms with Crippen molar-refractivity contribution >= 4 is 11.9 Å². The molecule has 0 unspecified atom stereocenters. The molecule has 154 valence electrons. The summed E-state index contributed by atoms with van der Waals surface area (Å²) >= 11 is 0. The van der Waals surface area contributed by atoms with Crippen molar-refractivity contribution in [2.75, 3.05) is 26.3 Å². The third-order valence-electron chi connectivity index (χ3n) is 4.56. The first kappa shape index (κ1) is 20.7. The lowest BCUT2D eigenvalue weighted by atomic mass is 10.1. The predicted molar refractivity (Wildman–Crippen MR) is 106 cm³/mol. The van der Waals surface area contributed by atoms with Crippen molar-refractivity contribution in [1.82, 2.24) is 4.90 Å². The van der Waals surface area contributed by atoms with Crippen LogP contribution >= 0.6 is 0 Å². The Bertz CT molecular complexity index is 854. The first-order chi connectivity index (χ1) is 14.0. The van der Waals surface area contributed by atoms with Crippen molar-refractivity contribution in [3.63, 3.8) is 0 Å². The Kier molecular flexibility index (Phi) is 6.72. The Morgan fingerprint density at radius 3 is 2.55 bits per heavy atom. The van der Waals surface area contributed by atoms with Crippen LogP contribution in [0, 0.1) is 0 Å². The van der Waals surface area contributed by atoms with Crippen LogP contribution in [0.1, 0.15) is 35.9 Å². The van der Waals surface area contributed by atoms with Crippen molar-refractivity contribution in [2.45, 2.75) is 26.1 Å². The third kappa shape index (κ3) is 5.26. The van der Waals surface area contributed by atoms with Crippen molar-refractivity contribution in [2.24, 2.45) is 0 Å². The first-order valence-corrected chi connectivity index (χ1v) is 9.59.